The molecule has 31 heavy (non-hydrogen) atoms. The van der Waals surface area contributed by atoms with E-state index in [0.717, 1.165) is 36.1 Å². The standard InChI is InChI=1S/C22H25N3O4S2/c26-19(23-11-6-10-20(27)28)9-2-1-5-12-25-21(29)18(31-22(25)30)13-15-14-24-17-8-4-3-7-16(15)17/h3-4,7-8,13-14,29H,1-2,5-6,9-12H2,(H,23,26)(H,27,28)/b15-13+. The molecule has 7 nitrogen and oxygen atoms in total. The van der Waals surface area contributed by atoms with E-state index in [4.69, 9.17) is 17.3 Å². The molecule has 2 heterocycles. The topological polar surface area (TPSA) is 104 Å². The molecule has 0 radical (unpaired) electrons. The number of hydrogen-bond donors (Lipinski definition) is 3. The summed E-state index contributed by atoms with van der Waals surface area (Å²) in [6.07, 6.45) is 6.97. The van der Waals surface area contributed by atoms with Gasteiger partial charge in [-0.15, -0.1) is 11.3 Å². The minimum absolute atomic E-state index is 0.0586. The molecule has 1 aromatic heterocycles. The predicted molar refractivity (Wildman–Crippen MR) is 126 cm³/mol. The molecular formula is C22H25N3O4S2. The highest BCUT2D eigenvalue weighted by molar-refractivity contribution is 7.73. The lowest BCUT2D eigenvalue weighted by Gasteiger charge is -2.06. The maximum Gasteiger partial charge on any atom is 0.303 e. The van der Waals surface area contributed by atoms with E-state index >= 15 is 0 Å². The van der Waals surface area contributed by atoms with Gasteiger partial charge in [-0.25, -0.2) is 0 Å². The number of aliphatic imine (C=N–C) groups is 1. The van der Waals surface area contributed by atoms with Gasteiger partial charge in [-0.3, -0.25) is 19.1 Å². The minimum Gasteiger partial charge on any atom is -0.493 e. The van der Waals surface area contributed by atoms with Gasteiger partial charge in [0, 0.05) is 43.3 Å². The largest absolute Gasteiger partial charge is 0.493 e. The molecule has 0 saturated heterocycles. The lowest BCUT2D eigenvalue weighted by atomic mass is 10.1. The molecule has 1 amide bonds. The van der Waals surface area contributed by atoms with Gasteiger partial charge in [0.1, 0.15) is 0 Å². The molecule has 0 saturated carbocycles. The zero-order valence-electron chi connectivity index (χ0n) is 17.0. The number of nitrogens with one attached hydrogen (secondary N) is 1. The molecule has 0 spiro atoms. The molecule has 1 aliphatic heterocycles. The van der Waals surface area contributed by atoms with Crippen LogP contribution in [0.5, 0.6) is 5.88 Å². The lowest BCUT2D eigenvalue weighted by molar-refractivity contribution is -0.137. The quantitative estimate of drug-likeness (QED) is 0.331. The number of aromatic nitrogens is 1. The van der Waals surface area contributed by atoms with Crippen molar-refractivity contribution in [3.8, 4) is 5.88 Å². The van der Waals surface area contributed by atoms with Crippen LogP contribution in [0, 0.1) is 3.95 Å². The fraction of sp³-hybridized carbons (Fsp3) is 0.364. The number of aromatic hydroxyl groups is 1. The first kappa shape index (κ1) is 22.9. The van der Waals surface area contributed by atoms with Crippen LogP contribution < -0.4 is 5.32 Å². The molecule has 0 unspecified atom stereocenters. The number of nitrogens with zero attached hydrogens (tertiary/aromatic N) is 2. The summed E-state index contributed by atoms with van der Waals surface area (Å²) in [5.41, 5.74) is 2.90. The summed E-state index contributed by atoms with van der Waals surface area (Å²) < 4.78 is 2.35. The Labute approximate surface area is 189 Å². The summed E-state index contributed by atoms with van der Waals surface area (Å²) in [7, 11) is 0. The summed E-state index contributed by atoms with van der Waals surface area (Å²) in [6.45, 7) is 0.978. The van der Waals surface area contributed by atoms with E-state index in [0.29, 0.717) is 34.8 Å². The van der Waals surface area contributed by atoms with Crippen molar-refractivity contribution < 1.29 is 19.8 Å². The Bertz CT molecular complexity index is 1070. The zero-order valence-corrected chi connectivity index (χ0v) is 18.7. The molecule has 1 aliphatic rings. The van der Waals surface area contributed by atoms with Crippen LogP contribution in [-0.4, -0.2) is 39.4 Å². The maximum absolute atomic E-state index is 11.7. The van der Waals surface area contributed by atoms with E-state index in [9.17, 15) is 14.7 Å². The number of aliphatic carboxylic acids is 1. The van der Waals surface area contributed by atoms with Crippen LogP contribution in [0.2, 0.25) is 0 Å². The number of para-hydroxylation sites is 1. The van der Waals surface area contributed by atoms with E-state index < -0.39 is 5.97 Å². The second kappa shape index (κ2) is 11.0. The van der Waals surface area contributed by atoms with Crippen LogP contribution >= 0.6 is 23.6 Å². The summed E-state index contributed by atoms with van der Waals surface area (Å²) in [5, 5.41) is 21.9. The SMILES string of the molecule is O=C(O)CCCNC(=O)CCCCCn1c(O)c(/C=C2\C=Nc3ccccc32)sc1=S. The minimum atomic E-state index is -0.856. The van der Waals surface area contributed by atoms with Crippen molar-refractivity contribution in [2.24, 2.45) is 4.99 Å². The number of benzene rings is 1. The monoisotopic (exact) mass is 459 g/mol. The first-order valence-electron chi connectivity index (χ1n) is 10.2. The molecule has 164 valence electrons. The third-order valence-corrected chi connectivity index (χ3v) is 6.30. The number of fused-ring (bicyclic) bond motifs is 1. The van der Waals surface area contributed by atoms with Crippen molar-refractivity contribution >= 4 is 59.0 Å². The number of thiazole rings is 1. The van der Waals surface area contributed by atoms with Crippen LogP contribution in [-0.2, 0) is 16.1 Å². The molecule has 2 aromatic rings. The van der Waals surface area contributed by atoms with Crippen molar-refractivity contribution in [3.63, 3.8) is 0 Å². The third-order valence-electron chi connectivity index (χ3n) is 4.91. The highest BCUT2D eigenvalue weighted by Crippen LogP contribution is 2.35. The van der Waals surface area contributed by atoms with Gasteiger partial charge >= 0.3 is 5.97 Å². The van der Waals surface area contributed by atoms with E-state index in [1.807, 2.05) is 30.3 Å². The van der Waals surface area contributed by atoms with Crippen molar-refractivity contribution in [1.29, 1.82) is 0 Å². The number of carboxylic acid groups (broad SMARTS) is 1. The van der Waals surface area contributed by atoms with Crippen molar-refractivity contribution in [3.05, 3.63) is 38.7 Å². The van der Waals surface area contributed by atoms with Gasteiger partial charge in [0.15, 0.2) is 3.95 Å². The van der Waals surface area contributed by atoms with Crippen molar-refractivity contribution in [1.82, 2.24) is 9.88 Å². The number of carbonyl (C=O) groups excluding carboxylic acids is 1. The number of unbranched alkanes of at least 4 members (excludes halogenated alkanes) is 2. The van der Waals surface area contributed by atoms with Gasteiger partial charge in [-0.2, -0.15) is 0 Å². The maximum atomic E-state index is 11.7. The van der Waals surface area contributed by atoms with Gasteiger partial charge < -0.3 is 15.5 Å². The van der Waals surface area contributed by atoms with Crippen LogP contribution in [0.1, 0.15) is 49.0 Å². The van der Waals surface area contributed by atoms with Crippen LogP contribution in [0.4, 0.5) is 5.69 Å². The first-order valence-corrected chi connectivity index (χ1v) is 11.4. The number of carboxylic acids is 1. The number of carbonyl (C=O) groups is 2. The molecule has 0 atom stereocenters. The Balaban J connectivity index is 1.46. The lowest BCUT2D eigenvalue weighted by Crippen LogP contribution is -2.24. The summed E-state index contributed by atoms with van der Waals surface area (Å²) in [4.78, 5) is 27.3. The Morgan fingerprint density at radius 3 is 2.77 bits per heavy atom. The molecule has 9 heteroatoms. The van der Waals surface area contributed by atoms with Crippen LogP contribution in [0.3, 0.4) is 0 Å². The number of allylic oxidation sites excluding steroid dienone is 1. The Morgan fingerprint density at radius 1 is 1.16 bits per heavy atom. The van der Waals surface area contributed by atoms with E-state index in [2.05, 4.69) is 10.3 Å². The van der Waals surface area contributed by atoms with E-state index in [1.54, 1.807) is 10.8 Å². The number of hydrogen-bond acceptors (Lipinski definition) is 6. The number of amides is 1. The molecule has 0 aliphatic carbocycles. The third kappa shape index (κ3) is 6.35. The molecule has 0 bridgehead atoms. The van der Waals surface area contributed by atoms with Crippen molar-refractivity contribution in [2.45, 2.75) is 45.1 Å². The average Bonchev–Trinajstić information content (AvgIpc) is 3.26. The molecular weight excluding hydrogens is 434 g/mol. The fourth-order valence-corrected chi connectivity index (χ4v) is 4.60. The van der Waals surface area contributed by atoms with Gasteiger partial charge in [0.05, 0.1) is 10.6 Å². The highest BCUT2D eigenvalue weighted by atomic mass is 32.1. The second-order valence-electron chi connectivity index (χ2n) is 7.24. The fourth-order valence-electron chi connectivity index (χ4n) is 3.29. The zero-order chi connectivity index (χ0) is 22.2. The van der Waals surface area contributed by atoms with E-state index in [-0.39, 0.29) is 18.2 Å². The Kier molecular flexibility index (Phi) is 8.13. The van der Waals surface area contributed by atoms with Crippen LogP contribution in [0.15, 0.2) is 29.3 Å². The van der Waals surface area contributed by atoms with Crippen LogP contribution in [0.25, 0.3) is 11.6 Å². The summed E-state index contributed by atoms with van der Waals surface area (Å²) >= 11 is 6.80. The Hall–Kier alpha value is -2.78. The summed E-state index contributed by atoms with van der Waals surface area (Å²) in [5.74, 6) is -0.755. The van der Waals surface area contributed by atoms with Crippen molar-refractivity contribution in [2.75, 3.05) is 6.54 Å². The molecule has 1 aromatic carbocycles. The van der Waals surface area contributed by atoms with Gasteiger partial charge in [0.2, 0.25) is 11.8 Å². The average molecular weight is 460 g/mol. The Morgan fingerprint density at radius 2 is 1.97 bits per heavy atom. The second-order valence-corrected chi connectivity index (χ2v) is 8.92. The van der Waals surface area contributed by atoms with Gasteiger partial charge in [0.25, 0.3) is 0 Å². The number of rotatable bonds is 11. The molecule has 0 fully saturated rings. The smallest absolute Gasteiger partial charge is 0.303 e. The highest BCUT2D eigenvalue weighted by Gasteiger charge is 2.15. The normalized spacial score (nSPS) is 13.5. The predicted octanol–water partition coefficient (Wildman–Crippen LogP) is 4.78. The first-order chi connectivity index (χ1) is 15.0. The van der Waals surface area contributed by atoms with Gasteiger partial charge in [-0.05, 0) is 43.6 Å². The van der Waals surface area contributed by atoms with E-state index in [1.165, 1.54) is 11.3 Å². The molecule has 3 rings (SSSR count). The van der Waals surface area contributed by atoms with Gasteiger partial charge in [-0.1, -0.05) is 24.6 Å². The summed E-state index contributed by atoms with van der Waals surface area (Å²) in [6, 6.07) is 7.87. The molecule has 3 N–H and O–H groups in total.